The van der Waals surface area contributed by atoms with Crippen molar-refractivity contribution in [2.75, 3.05) is 0 Å². The molecule has 16 heavy (non-hydrogen) atoms. The number of nitro benzene ring substituents is 1. The molecule has 0 aliphatic rings. The summed E-state index contributed by atoms with van der Waals surface area (Å²) < 4.78 is 0. The third-order valence-electron chi connectivity index (χ3n) is 2.06. The summed E-state index contributed by atoms with van der Waals surface area (Å²) in [6.45, 7) is 5.82. The van der Waals surface area contributed by atoms with Crippen LogP contribution >= 0.6 is 0 Å². The van der Waals surface area contributed by atoms with Crippen LogP contribution in [0.1, 0.15) is 31.9 Å². The monoisotopic (exact) mass is 222 g/mol. The number of hydrogen-bond acceptors (Lipinski definition) is 3. The molecule has 0 saturated heterocycles. The molecule has 0 atom stereocenters. The van der Waals surface area contributed by atoms with E-state index < -0.39 is 4.92 Å². The molecule has 0 fully saturated rings. The Morgan fingerprint density at radius 3 is 2.50 bits per heavy atom. The second-order valence-corrected chi connectivity index (χ2v) is 4.82. The molecule has 1 rings (SSSR count). The van der Waals surface area contributed by atoms with E-state index in [2.05, 4.69) is 0 Å². The maximum absolute atomic E-state index is 10.8. The van der Waals surface area contributed by atoms with Crippen molar-refractivity contribution in [3.63, 3.8) is 0 Å². The standard InChI is InChI=1S/C12H16NO3/c1-12(2,3)7-10-6-9(8-14)4-5-11(10)13(15)16/h4-7,14H,8H2,1-3H3. The van der Waals surface area contributed by atoms with Crippen LogP contribution in [0, 0.1) is 22.0 Å². The molecule has 1 radical (unpaired) electrons. The first-order valence-electron chi connectivity index (χ1n) is 5.07. The minimum absolute atomic E-state index is 0.0760. The lowest BCUT2D eigenvalue weighted by Gasteiger charge is -2.17. The van der Waals surface area contributed by atoms with Gasteiger partial charge in [-0.05, 0) is 23.1 Å². The van der Waals surface area contributed by atoms with Crippen molar-refractivity contribution in [1.29, 1.82) is 0 Å². The first-order valence-corrected chi connectivity index (χ1v) is 5.07. The van der Waals surface area contributed by atoms with Crippen molar-refractivity contribution >= 4 is 5.69 Å². The van der Waals surface area contributed by atoms with Gasteiger partial charge in [0.05, 0.1) is 11.5 Å². The van der Waals surface area contributed by atoms with Crippen LogP contribution in [0.3, 0.4) is 0 Å². The molecule has 0 bridgehead atoms. The highest BCUT2D eigenvalue weighted by atomic mass is 16.6. The van der Waals surface area contributed by atoms with Crippen molar-refractivity contribution in [2.45, 2.75) is 27.4 Å². The van der Waals surface area contributed by atoms with E-state index in [0.717, 1.165) is 0 Å². The Morgan fingerprint density at radius 2 is 2.06 bits per heavy atom. The molecule has 4 heteroatoms. The van der Waals surface area contributed by atoms with Crippen LogP contribution < -0.4 is 0 Å². The van der Waals surface area contributed by atoms with E-state index in [9.17, 15) is 10.1 Å². The normalized spacial score (nSPS) is 11.5. The molecule has 87 valence electrons. The van der Waals surface area contributed by atoms with Crippen LogP contribution in [-0.2, 0) is 6.61 Å². The highest BCUT2D eigenvalue weighted by molar-refractivity contribution is 5.47. The largest absolute Gasteiger partial charge is 0.392 e. The summed E-state index contributed by atoms with van der Waals surface area (Å²) in [5.41, 5.74) is 1.18. The number of nitro groups is 1. The van der Waals surface area contributed by atoms with E-state index >= 15 is 0 Å². The second kappa shape index (κ2) is 4.61. The van der Waals surface area contributed by atoms with Gasteiger partial charge in [0.1, 0.15) is 0 Å². The van der Waals surface area contributed by atoms with Gasteiger partial charge in [-0.25, -0.2) is 0 Å². The highest BCUT2D eigenvalue weighted by Crippen LogP contribution is 2.29. The number of nitrogens with zero attached hydrogens (tertiary/aromatic N) is 1. The van der Waals surface area contributed by atoms with Crippen molar-refractivity contribution < 1.29 is 10.0 Å². The van der Waals surface area contributed by atoms with E-state index in [0.29, 0.717) is 11.1 Å². The Labute approximate surface area is 95.1 Å². The third-order valence-corrected chi connectivity index (χ3v) is 2.06. The molecule has 1 N–H and O–H groups in total. The molecular formula is C12H16NO3. The quantitative estimate of drug-likeness (QED) is 0.631. The van der Waals surface area contributed by atoms with E-state index in [1.54, 1.807) is 12.1 Å². The van der Waals surface area contributed by atoms with Crippen LogP contribution in [0.2, 0.25) is 0 Å². The predicted octanol–water partition coefficient (Wildman–Crippen LogP) is 2.69. The Morgan fingerprint density at radius 1 is 1.44 bits per heavy atom. The maximum Gasteiger partial charge on any atom is 0.272 e. The van der Waals surface area contributed by atoms with Gasteiger partial charge in [0, 0.05) is 18.1 Å². The van der Waals surface area contributed by atoms with Gasteiger partial charge in [-0.1, -0.05) is 20.8 Å². The fourth-order valence-electron chi connectivity index (χ4n) is 1.45. The number of hydrogen-bond donors (Lipinski definition) is 1. The van der Waals surface area contributed by atoms with Crippen LogP contribution in [0.5, 0.6) is 0 Å². The van der Waals surface area contributed by atoms with Crippen molar-refractivity contribution in [3.05, 3.63) is 45.9 Å². The first-order chi connectivity index (χ1) is 7.33. The maximum atomic E-state index is 10.8. The predicted molar refractivity (Wildman–Crippen MR) is 61.9 cm³/mol. The molecule has 0 amide bonds. The van der Waals surface area contributed by atoms with E-state index in [1.165, 1.54) is 6.07 Å². The van der Waals surface area contributed by atoms with Crippen LogP contribution in [0.25, 0.3) is 0 Å². The zero-order valence-electron chi connectivity index (χ0n) is 9.73. The zero-order valence-corrected chi connectivity index (χ0v) is 9.73. The number of rotatable bonds is 3. The second-order valence-electron chi connectivity index (χ2n) is 4.82. The molecule has 0 aliphatic heterocycles. The molecule has 1 aromatic rings. The molecule has 0 saturated carbocycles. The highest BCUT2D eigenvalue weighted by Gasteiger charge is 2.20. The molecule has 1 aromatic carbocycles. The smallest absolute Gasteiger partial charge is 0.272 e. The van der Waals surface area contributed by atoms with E-state index in [4.69, 9.17) is 5.11 Å². The summed E-state index contributed by atoms with van der Waals surface area (Å²) in [6.07, 6.45) is 1.84. The Balaban J connectivity index is 3.15. The molecule has 0 aromatic heterocycles. The van der Waals surface area contributed by atoms with Gasteiger partial charge in [-0.15, -0.1) is 0 Å². The minimum atomic E-state index is -0.404. The van der Waals surface area contributed by atoms with Crippen molar-refractivity contribution in [1.82, 2.24) is 0 Å². The third kappa shape index (κ3) is 3.31. The first kappa shape index (κ1) is 12.6. The van der Waals surface area contributed by atoms with Crippen LogP contribution in [0.4, 0.5) is 5.69 Å². The molecule has 0 aliphatic carbocycles. The topological polar surface area (TPSA) is 63.4 Å². The van der Waals surface area contributed by atoms with Crippen LogP contribution in [0.15, 0.2) is 18.2 Å². The van der Waals surface area contributed by atoms with E-state index in [1.807, 2.05) is 27.2 Å². The van der Waals surface area contributed by atoms with Gasteiger partial charge in [0.2, 0.25) is 0 Å². The lowest BCUT2D eigenvalue weighted by Crippen LogP contribution is -2.08. The molecular weight excluding hydrogens is 206 g/mol. The lowest BCUT2D eigenvalue weighted by atomic mass is 9.87. The van der Waals surface area contributed by atoms with Crippen LogP contribution in [-0.4, -0.2) is 10.0 Å². The molecule has 0 spiro atoms. The summed E-state index contributed by atoms with van der Waals surface area (Å²) in [4.78, 5) is 10.4. The molecule has 0 unspecified atom stereocenters. The Kier molecular flexibility index (Phi) is 3.65. The van der Waals surface area contributed by atoms with Gasteiger partial charge in [-0.2, -0.15) is 0 Å². The summed E-state index contributed by atoms with van der Waals surface area (Å²) in [5, 5.41) is 19.8. The summed E-state index contributed by atoms with van der Waals surface area (Å²) in [6, 6.07) is 4.66. The lowest BCUT2D eigenvalue weighted by molar-refractivity contribution is -0.385. The SMILES string of the molecule is CC(C)(C)[CH]c1cc(CO)ccc1[N+](=O)[O-]. The van der Waals surface area contributed by atoms with E-state index in [-0.39, 0.29) is 17.7 Å². The van der Waals surface area contributed by atoms with Gasteiger partial charge >= 0.3 is 0 Å². The number of benzene rings is 1. The average Bonchev–Trinajstić information content (AvgIpc) is 2.14. The zero-order chi connectivity index (χ0) is 12.3. The Bertz CT molecular complexity index is 394. The molecule has 0 heterocycles. The van der Waals surface area contributed by atoms with Gasteiger partial charge < -0.3 is 5.11 Å². The fourth-order valence-corrected chi connectivity index (χ4v) is 1.45. The van der Waals surface area contributed by atoms with Gasteiger partial charge in [0.15, 0.2) is 0 Å². The minimum Gasteiger partial charge on any atom is -0.392 e. The van der Waals surface area contributed by atoms with Gasteiger partial charge in [-0.3, -0.25) is 10.1 Å². The fraction of sp³-hybridized carbons (Fsp3) is 0.417. The Hall–Kier alpha value is -1.42. The number of aliphatic hydroxyl groups excluding tert-OH is 1. The van der Waals surface area contributed by atoms with Crippen molar-refractivity contribution in [2.24, 2.45) is 5.41 Å². The number of aliphatic hydroxyl groups is 1. The van der Waals surface area contributed by atoms with Crippen molar-refractivity contribution in [3.8, 4) is 0 Å². The average molecular weight is 222 g/mol. The summed E-state index contributed by atoms with van der Waals surface area (Å²) in [5.74, 6) is 0. The summed E-state index contributed by atoms with van der Waals surface area (Å²) in [7, 11) is 0. The summed E-state index contributed by atoms with van der Waals surface area (Å²) >= 11 is 0. The molecule has 4 nitrogen and oxygen atoms in total. The van der Waals surface area contributed by atoms with Gasteiger partial charge in [0.25, 0.3) is 5.69 Å².